The van der Waals surface area contributed by atoms with Crippen molar-refractivity contribution < 1.29 is 9.53 Å². The first kappa shape index (κ1) is 16.3. The van der Waals surface area contributed by atoms with Crippen LogP contribution in [0.25, 0.3) is 0 Å². The van der Waals surface area contributed by atoms with E-state index in [1.54, 1.807) is 0 Å². The van der Waals surface area contributed by atoms with Crippen LogP contribution in [-0.4, -0.2) is 42.8 Å². The molecule has 19 heavy (non-hydrogen) atoms. The molecule has 2 atom stereocenters. The second kappa shape index (κ2) is 7.13. The lowest BCUT2D eigenvalue weighted by molar-refractivity contribution is 0.0285. The molecule has 0 bridgehead atoms. The molecule has 4 heteroatoms. The molecule has 1 rings (SSSR count). The summed E-state index contributed by atoms with van der Waals surface area (Å²) in [6.07, 6.45) is 4.57. The average molecular weight is 270 g/mol. The standard InChI is InChI=1S/C15H30N2O2/c1-6-7-8-13(16-5)12-9-10-17(11-12)14(18)19-15(2,3)4/h12-13,16H,6-11H2,1-5H3. The first-order valence-corrected chi connectivity index (χ1v) is 7.52. The zero-order valence-corrected chi connectivity index (χ0v) is 13.2. The first-order valence-electron chi connectivity index (χ1n) is 7.52. The number of carbonyl (C=O) groups is 1. The van der Waals surface area contributed by atoms with Crippen molar-refractivity contribution in [3.8, 4) is 0 Å². The number of nitrogens with one attached hydrogen (secondary N) is 1. The van der Waals surface area contributed by atoms with E-state index < -0.39 is 5.60 Å². The van der Waals surface area contributed by atoms with Gasteiger partial charge in [0, 0.05) is 19.1 Å². The topological polar surface area (TPSA) is 41.6 Å². The van der Waals surface area contributed by atoms with Gasteiger partial charge in [0.15, 0.2) is 0 Å². The predicted octanol–water partition coefficient (Wildman–Crippen LogP) is 3.02. The molecule has 0 saturated carbocycles. The lowest BCUT2D eigenvalue weighted by Gasteiger charge is -2.26. The van der Waals surface area contributed by atoms with E-state index in [1.165, 1.54) is 19.3 Å². The van der Waals surface area contributed by atoms with Crippen LogP contribution < -0.4 is 5.32 Å². The number of nitrogens with zero attached hydrogens (tertiary/aromatic N) is 1. The molecule has 0 aromatic carbocycles. The van der Waals surface area contributed by atoms with E-state index in [4.69, 9.17) is 4.74 Å². The molecular formula is C15H30N2O2. The Morgan fingerprint density at radius 1 is 1.47 bits per heavy atom. The smallest absolute Gasteiger partial charge is 0.410 e. The Balaban J connectivity index is 2.45. The number of hydrogen-bond donors (Lipinski definition) is 1. The van der Waals surface area contributed by atoms with Gasteiger partial charge in [0.1, 0.15) is 5.60 Å². The van der Waals surface area contributed by atoms with Gasteiger partial charge in [-0.1, -0.05) is 19.8 Å². The highest BCUT2D eigenvalue weighted by molar-refractivity contribution is 5.68. The molecule has 0 aromatic rings. The van der Waals surface area contributed by atoms with Gasteiger partial charge in [-0.3, -0.25) is 0 Å². The third kappa shape index (κ3) is 5.39. The number of unbranched alkanes of at least 4 members (excludes halogenated alkanes) is 1. The fraction of sp³-hybridized carbons (Fsp3) is 0.933. The molecule has 0 aromatic heterocycles. The SMILES string of the molecule is CCCCC(NC)C1CCN(C(=O)OC(C)(C)C)C1. The van der Waals surface area contributed by atoms with E-state index >= 15 is 0 Å². The Morgan fingerprint density at radius 2 is 2.16 bits per heavy atom. The van der Waals surface area contributed by atoms with Crippen LogP contribution in [0, 0.1) is 5.92 Å². The molecular weight excluding hydrogens is 240 g/mol. The minimum Gasteiger partial charge on any atom is -0.444 e. The number of rotatable bonds is 5. The van der Waals surface area contributed by atoms with Gasteiger partial charge in [-0.2, -0.15) is 0 Å². The number of hydrogen-bond acceptors (Lipinski definition) is 3. The van der Waals surface area contributed by atoms with E-state index in [9.17, 15) is 4.79 Å². The number of ether oxygens (including phenoxy) is 1. The summed E-state index contributed by atoms with van der Waals surface area (Å²) >= 11 is 0. The van der Waals surface area contributed by atoms with Crippen LogP contribution in [0.1, 0.15) is 53.4 Å². The monoisotopic (exact) mass is 270 g/mol. The molecule has 2 unspecified atom stereocenters. The maximum Gasteiger partial charge on any atom is 0.410 e. The second-order valence-corrected chi connectivity index (χ2v) is 6.51. The van der Waals surface area contributed by atoms with E-state index in [-0.39, 0.29) is 6.09 Å². The molecule has 1 amide bonds. The molecule has 1 aliphatic rings. The molecule has 0 spiro atoms. The quantitative estimate of drug-likeness (QED) is 0.835. The summed E-state index contributed by atoms with van der Waals surface area (Å²) in [5.41, 5.74) is -0.403. The molecule has 112 valence electrons. The lowest BCUT2D eigenvalue weighted by atomic mass is 9.94. The Hall–Kier alpha value is -0.770. The first-order chi connectivity index (χ1) is 8.87. The molecule has 4 nitrogen and oxygen atoms in total. The summed E-state index contributed by atoms with van der Waals surface area (Å²) in [5.74, 6) is 0.559. The van der Waals surface area contributed by atoms with Crippen molar-refractivity contribution in [1.82, 2.24) is 10.2 Å². The summed E-state index contributed by atoms with van der Waals surface area (Å²) in [4.78, 5) is 13.9. The van der Waals surface area contributed by atoms with Crippen molar-refractivity contribution >= 4 is 6.09 Å². The average Bonchev–Trinajstić information content (AvgIpc) is 2.77. The zero-order valence-electron chi connectivity index (χ0n) is 13.2. The van der Waals surface area contributed by atoms with E-state index in [0.29, 0.717) is 12.0 Å². The van der Waals surface area contributed by atoms with Gasteiger partial charge in [-0.05, 0) is 46.6 Å². The van der Waals surface area contributed by atoms with Gasteiger partial charge in [0.25, 0.3) is 0 Å². The zero-order chi connectivity index (χ0) is 14.5. The summed E-state index contributed by atoms with van der Waals surface area (Å²) in [6, 6.07) is 0.521. The van der Waals surface area contributed by atoms with Crippen LogP contribution in [0.15, 0.2) is 0 Å². The summed E-state index contributed by atoms with van der Waals surface area (Å²) < 4.78 is 5.43. The van der Waals surface area contributed by atoms with Crippen LogP contribution in [0.2, 0.25) is 0 Å². The molecule has 0 aliphatic carbocycles. The Bertz CT molecular complexity index is 286. The number of likely N-dealkylation sites (tertiary alicyclic amines) is 1. The number of amides is 1. The predicted molar refractivity (Wildman–Crippen MR) is 78.3 cm³/mol. The molecule has 1 fully saturated rings. The summed E-state index contributed by atoms with van der Waals surface area (Å²) in [7, 11) is 2.02. The van der Waals surface area contributed by atoms with Crippen molar-refractivity contribution in [3.63, 3.8) is 0 Å². The largest absolute Gasteiger partial charge is 0.444 e. The highest BCUT2D eigenvalue weighted by Gasteiger charge is 2.33. The lowest BCUT2D eigenvalue weighted by Crippen LogP contribution is -2.38. The van der Waals surface area contributed by atoms with Gasteiger partial charge in [0.05, 0.1) is 0 Å². The molecule has 1 heterocycles. The third-order valence-corrected chi connectivity index (χ3v) is 3.68. The van der Waals surface area contributed by atoms with Crippen molar-refractivity contribution in [2.45, 2.75) is 65.0 Å². The van der Waals surface area contributed by atoms with Gasteiger partial charge in [-0.15, -0.1) is 0 Å². The normalized spacial score (nSPS) is 21.5. The van der Waals surface area contributed by atoms with Crippen molar-refractivity contribution in [3.05, 3.63) is 0 Å². The molecule has 0 radical (unpaired) electrons. The van der Waals surface area contributed by atoms with Crippen LogP contribution in [-0.2, 0) is 4.74 Å². The van der Waals surface area contributed by atoms with Crippen LogP contribution >= 0.6 is 0 Å². The molecule has 1 saturated heterocycles. The van der Waals surface area contributed by atoms with Gasteiger partial charge >= 0.3 is 6.09 Å². The van der Waals surface area contributed by atoms with E-state index in [2.05, 4.69) is 12.2 Å². The Labute approximate surface area is 117 Å². The second-order valence-electron chi connectivity index (χ2n) is 6.51. The Kier molecular flexibility index (Phi) is 6.11. The van der Waals surface area contributed by atoms with Crippen LogP contribution in [0.4, 0.5) is 4.79 Å². The van der Waals surface area contributed by atoms with E-state index in [0.717, 1.165) is 19.5 Å². The highest BCUT2D eigenvalue weighted by atomic mass is 16.6. The fourth-order valence-corrected chi connectivity index (χ4v) is 2.65. The van der Waals surface area contributed by atoms with Crippen LogP contribution in [0.3, 0.4) is 0 Å². The number of carbonyl (C=O) groups excluding carboxylic acids is 1. The van der Waals surface area contributed by atoms with Crippen molar-refractivity contribution in [1.29, 1.82) is 0 Å². The fourth-order valence-electron chi connectivity index (χ4n) is 2.65. The summed E-state index contributed by atoms with van der Waals surface area (Å²) in [5, 5.41) is 3.41. The molecule has 1 N–H and O–H groups in total. The third-order valence-electron chi connectivity index (χ3n) is 3.68. The van der Waals surface area contributed by atoms with Gasteiger partial charge in [-0.25, -0.2) is 4.79 Å². The van der Waals surface area contributed by atoms with Gasteiger partial charge in [0.2, 0.25) is 0 Å². The summed E-state index contributed by atoms with van der Waals surface area (Å²) in [6.45, 7) is 9.60. The maximum atomic E-state index is 12.0. The van der Waals surface area contributed by atoms with Crippen LogP contribution in [0.5, 0.6) is 0 Å². The maximum absolute atomic E-state index is 12.0. The van der Waals surface area contributed by atoms with E-state index in [1.807, 2.05) is 32.7 Å². The van der Waals surface area contributed by atoms with Crippen molar-refractivity contribution in [2.24, 2.45) is 5.92 Å². The molecule has 1 aliphatic heterocycles. The highest BCUT2D eigenvalue weighted by Crippen LogP contribution is 2.24. The Morgan fingerprint density at radius 3 is 2.68 bits per heavy atom. The minimum absolute atomic E-state index is 0.166. The van der Waals surface area contributed by atoms with Crippen molar-refractivity contribution in [2.75, 3.05) is 20.1 Å². The van der Waals surface area contributed by atoms with Gasteiger partial charge < -0.3 is 15.0 Å². The minimum atomic E-state index is -0.403.